The lowest BCUT2D eigenvalue weighted by Crippen LogP contribution is -2.22. The van der Waals surface area contributed by atoms with Gasteiger partial charge in [0.25, 0.3) is 5.56 Å². The number of rotatable bonds is 5. The first-order valence-corrected chi connectivity index (χ1v) is 9.92. The minimum absolute atomic E-state index is 0.124. The molecule has 1 atom stereocenters. The monoisotopic (exact) mass is 391 g/mol. The van der Waals surface area contributed by atoms with Crippen LogP contribution in [0.4, 0.5) is 0 Å². The van der Waals surface area contributed by atoms with E-state index in [1.165, 1.54) is 5.56 Å². The molecule has 0 aliphatic carbocycles. The number of benzene rings is 2. The summed E-state index contributed by atoms with van der Waals surface area (Å²) in [6, 6.07) is 17.9. The molecule has 28 heavy (non-hydrogen) atoms. The Kier molecular flexibility index (Phi) is 5.02. The molecule has 142 valence electrons. The maximum Gasteiger partial charge on any atom is 0.269 e. The topological polar surface area (TPSA) is 78.7 Å². The molecule has 2 heterocycles. The van der Waals surface area contributed by atoms with Crippen molar-refractivity contribution in [3.05, 3.63) is 82.3 Å². The highest BCUT2D eigenvalue weighted by Gasteiger charge is 2.18. The van der Waals surface area contributed by atoms with Crippen LogP contribution in [0.25, 0.3) is 16.7 Å². The maximum absolute atomic E-state index is 13.3. The lowest BCUT2D eigenvalue weighted by molar-refractivity contribution is 0.757. The third-order valence-corrected chi connectivity index (χ3v) is 5.83. The first-order chi connectivity index (χ1) is 13.6. The predicted octanol–water partition coefficient (Wildman–Crippen LogP) is 3.43. The lowest BCUT2D eigenvalue weighted by atomic mass is 10.2. The molecule has 0 aliphatic heterocycles. The second-order valence-corrected chi connectivity index (χ2v) is 7.89. The number of nitrogens with two attached hydrogens (primary N) is 1. The van der Waals surface area contributed by atoms with E-state index in [4.69, 9.17) is 10.7 Å². The van der Waals surface area contributed by atoms with Gasteiger partial charge in [-0.3, -0.25) is 14.0 Å². The molecule has 0 radical (unpaired) electrons. The van der Waals surface area contributed by atoms with Crippen LogP contribution >= 0.6 is 11.8 Å². The Morgan fingerprint density at radius 1 is 1.11 bits per heavy atom. The van der Waals surface area contributed by atoms with Crippen LogP contribution < -0.4 is 11.3 Å². The molecule has 0 bridgehead atoms. The summed E-state index contributed by atoms with van der Waals surface area (Å²) in [4.78, 5) is 18.0. The Morgan fingerprint density at radius 3 is 2.50 bits per heavy atom. The molecule has 0 fully saturated rings. The number of aryl methyl sites for hydroxylation is 1. The third kappa shape index (κ3) is 3.34. The van der Waals surface area contributed by atoms with Gasteiger partial charge in [-0.1, -0.05) is 54.2 Å². The van der Waals surface area contributed by atoms with Crippen LogP contribution in [0.2, 0.25) is 0 Å². The van der Waals surface area contributed by atoms with Gasteiger partial charge in [-0.2, -0.15) is 5.10 Å². The number of thioether (sulfide) groups is 1. The molecule has 0 saturated carbocycles. The molecule has 4 rings (SSSR count). The van der Waals surface area contributed by atoms with E-state index in [0.29, 0.717) is 22.7 Å². The summed E-state index contributed by atoms with van der Waals surface area (Å²) in [5.74, 6) is 0. The van der Waals surface area contributed by atoms with Crippen LogP contribution in [-0.2, 0) is 13.6 Å². The Labute approximate surface area is 167 Å². The number of aromatic nitrogens is 4. The normalized spacial score (nSPS) is 12.4. The molecular weight excluding hydrogens is 370 g/mol. The van der Waals surface area contributed by atoms with E-state index in [-0.39, 0.29) is 10.8 Å². The van der Waals surface area contributed by atoms with Crippen molar-refractivity contribution in [1.29, 1.82) is 0 Å². The minimum atomic E-state index is -0.124. The Morgan fingerprint density at radius 2 is 1.82 bits per heavy atom. The van der Waals surface area contributed by atoms with Crippen LogP contribution in [0.15, 0.2) is 70.7 Å². The van der Waals surface area contributed by atoms with Crippen LogP contribution in [0, 0.1) is 0 Å². The Hall–Kier alpha value is -2.90. The summed E-state index contributed by atoms with van der Waals surface area (Å²) in [6.45, 7) is 2.57. The van der Waals surface area contributed by atoms with Crippen molar-refractivity contribution in [1.82, 2.24) is 19.3 Å². The summed E-state index contributed by atoms with van der Waals surface area (Å²) in [5.41, 5.74) is 9.13. The van der Waals surface area contributed by atoms with E-state index in [9.17, 15) is 4.79 Å². The van der Waals surface area contributed by atoms with Crippen LogP contribution in [0.1, 0.15) is 23.3 Å². The van der Waals surface area contributed by atoms with E-state index in [1.54, 1.807) is 34.3 Å². The zero-order valence-electron chi connectivity index (χ0n) is 15.7. The smallest absolute Gasteiger partial charge is 0.269 e. The van der Waals surface area contributed by atoms with Crippen molar-refractivity contribution in [2.24, 2.45) is 12.8 Å². The molecule has 0 aliphatic rings. The summed E-state index contributed by atoms with van der Waals surface area (Å²) >= 11 is 1.56. The van der Waals surface area contributed by atoms with E-state index < -0.39 is 0 Å². The molecule has 2 aromatic carbocycles. The zero-order valence-corrected chi connectivity index (χ0v) is 16.6. The second-order valence-electron chi connectivity index (χ2n) is 6.58. The summed E-state index contributed by atoms with van der Waals surface area (Å²) < 4.78 is 3.30. The fraction of sp³-hybridized carbons (Fsp3) is 0.190. The van der Waals surface area contributed by atoms with E-state index in [1.807, 2.05) is 42.5 Å². The van der Waals surface area contributed by atoms with E-state index in [2.05, 4.69) is 24.2 Å². The average Bonchev–Trinajstić information content (AvgIpc) is 3.10. The average molecular weight is 392 g/mol. The molecule has 6 nitrogen and oxygen atoms in total. The van der Waals surface area contributed by atoms with Gasteiger partial charge in [0.05, 0.1) is 11.9 Å². The third-order valence-electron chi connectivity index (χ3n) is 4.72. The molecule has 1 unspecified atom stereocenters. The van der Waals surface area contributed by atoms with Gasteiger partial charge in [0, 0.05) is 18.8 Å². The minimum Gasteiger partial charge on any atom is -0.326 e. The van der Waals surface area contributed by atoms with Crippen LogP contribution in [0.3, 0.4) is 0 Å². The van der Waals surface area contributed by atoms with Gasteiger partial charge >= 0.3 is 0 Å². The van der Waals surface area contributed by atoms with Gasteiger partial charge < -0.3 is 5.73 Å². The Bertz CT molecular complexity index is 1170. The fourth-order valence-electron chi connectivity index (χ4n) is 3.10. The van der Waals surface area contributed by atoms with Gasteiger partial charge in [0.15, 0.2) is 10.8 Å². The van der Waals surface area contributed by atoms with E-state index in [0.717, 1.165) is 11.3 Å². The van der Waals surface area contributed by atoms with Crippen molar-refractivity contribution < 1.29 is 0 Å². The summed E-state index contributed by atoms with van der Waals surface area (Å²) in [6.07, 6.45) is 1.57. The highest BCUT2D eigenvalue weighted by molar-refractivity contribution is 7.99. The molecule has 4 aromatic rings. The molecule has 2 N–H and O–H groups in total. The van der Waals surface area contributed by atoms with Crippen molar-refractivity contribution in [2.45, 2.75) is 23.9 Å². The van der Waals surface area contributed by atoms with Gasteiger partial charge in [0.2, 0.25) is 0 Å². The largest absolute Gasteiger partial charge is 0.326 e. The van der Waals surface area contributed by atoms with Gasteiger partial charge in [-0.15, -0.1) is 0 Å². The second kappa shape index (κ2) is 7.61. The van der Waals surface area contributed by atoms with Crippen molar-refractivity contribution in [3.63, 3.8) is 0 Å². The molecule has 0 saturated heterocycles. The highest BCUT2D eigenvalue weighted by atomic mass is 32.2. The van der Waals surface area contributed by atoms with Gasteiger partial charge in [-0.05, 0) is 30.2 Å². The molecule has 0 spiro atoms. The standard InChI is InChI=1S/C21H21N5OS/c1-14(16-6-4-3-5-7-16)28-21-24-19-18(13-23-25(19)2)20(27)26(21)17-10-8-15(12-22)9-11-17/h3-11,13-14H,12,22H2,1-2H3. The number of hydrogen-bond donors (Lipinski definition) is 1. The number of hydrogen-bond acceptors (Lipinski definition) is 5. The first kappa shape index (κ1) is 18.5. The highest BCUT2D eigenvalue weighted by Crippen LogP contribution is 2.34. The van der Waals surface area contributed by atoms with E-state index >= 15 is 0 Å². The van der Waals surface area contributed by atoms with Crippen molar-refractivity contribution in [2.75, 3.05) is 0 Å². The number of nitrogens with zero attached hydrogens (tertiary/aromatic N) is 4. The van der Waals surface area contributed by atoms with Gasteiger partial charge in [-0.25, -0.2) is 4.98 Å². The zero-order chi connectivity index (χ0) is 19.7. The molecule has 7 heteroatoms. The summed E-state index contributed by atoms with van der Waals surface area (Å²) in [5, 5.41) is 5.48. The SMILES string of the molecule is CC(Sc1nc2c(cnn2C)c(=O)n1-c1ccc(CN)cc1)c1ccccc1. The number of fused-ring (bicyclic) bond motifs is 1. The van der Waals surface area contributed by atoms with Crippen molar-refractivity contribution in [3.8, 4) is 5.69 Å². The fourth-order valence-corrected chi connectivity index (χ4v) is 4.14. The van der Waals surface area contributed by atoms with Gasteiger partial charge in [0.1, 0.15) is 5.39 Å². The quantitative estimate of drug-likeness (QED) is 0.416. The molecule has 0 amide bonds. The summed E-state index contributed by atoms with van der Waals surface area (Å²) in [7, 11) is 1.80. The van der Waals surface area contributed by atoms with Crippen LogP contribution in [-0.4, -0.2) is 19.3 Å². The predicted molar refractivity (Wildman–Crippen MR) is 113 cm³/mol. The first-order valence-electron chi connectivity index (χ1n) is 9.04. The lowest BCUT2D eigenvalue weighted by Gasteiger charge is -2.16. The molecule has 2 aromatic heterocycles. The maximum atomic E-state index is 13.3. The Balaban J connectivity index is 1.87. The molecular formula is C21H21N5OS. The van der Waals surface area contributed by atoms with Crippen LogP contribution in [0.5, 0.6) is 0 Å². The van der Waals surface area contributed by atoms with Crippen molar-refractivity contribution >= 4 is 22.8 Å².